The van der Waals surface area contributed by atoms with Gasteiger partial charge in [0, 0.05) is 7.05 Å². The summed E-state index contributed by atoms with van der Waals surface area (Å²) in [7, 11) is 7.02. The average molecular weight is 303 g/mol. The fourth-order valence-electron chi connectivity index (χ4n) is 2.81. The number of likely N-dealkylation sites (N-methyl/N-ethyl adjacent to an activating group) is 1. The Balaban J connectivity index is 2.36. The minimum absolute atomic E-state index is 0.341. The lowest BCUT2D eigenvalue weighted by atomic mass is 9.93. The third kappa shape index (κ3) is 3.06. The Bertz CT molecular complexity index is 579. The molecule has 120 valence electrons. The third-order valence-electron chi connectivity index (χ3n) is 4.33. The monoisotopic (exact) mass is 303 g/mol. The molecule has 22 heavy (non-hydrogen) atoms. The number of hydrogen-bond acceptors (Lipinski definition) is 4. The molecule has 0 bridgehead atoms. The summed E-state index contributed by atoms with van der Waals surface area (Å²) < 4.78 is 16.3. The quantitative estimate of drug-likeness (QED) is 0.834. The van der Waals surface area contributed by atoms with E-state index in [0.29, 0.717) is 23.3 Å². The molecule has 1 heterocycles. The Morgan fingerprint density at radius 3 is 2.09 bits per heavy atom. The summed E-state index contributed by atoms with van der Waals surface area (Å²) in [5, 5.41) is 0. The largest absolute Gasteiger partial charge is 0.493 e. The summed E-state index contributed by atoms with van der Waals surface area (Å²) in [6, 6.07) is 4.39. The fraction of sp³-hybridized carbons (Fsp3) is 0.444. The predicted molar refractivity (Wildman–Crippen MR) is 88.9 cm³/mol. The smallest absolute Gasteiger partial charge is 0.203 e. The van der Waals surface area contributed by atoms with E-state index in [-0.39, 0.29) is 0 Å². The van der Waals surface area contributed by atoms with E-state index in [1.54, 1.807) is 21.3 Å². The molecule has 4 heteroatoms. The second-order valence-electron chi connectivity index (χ2n) is 5.60. The zero-order valence-corrected chi connectivity index (χ0v) is 14.3. The number of methoxy groups -OCH3 is 3. The van der Waals surface area contributed by atoms with Crippen LogP contribution in [0.5, 0.6) is 17.2 Å². The second-order valence-corrected chi connectivity index (χ2v) is 5.60. The van der Waals surface area contributed by atoms with E-state index in [1.807, 2.05) is 12.1 Å². The molecular weight excluding hydrogens is 278 g/mol. The molecule has 1 aliphatic heterocycles. The van der Waals surface area contributed by atoms with Crippen molar-refractivity contribution < 1.29 is 14.2 Å². The normalized spacial score (nSPS) is 17.7. The lowest BCUT2D eigenvalue weighted by Crippen LogP contribution is -2.33. The molecule has 0 fully saturated rings. The molecule has 0 radical (unpaired) electrons. The highest BCUT2D eigenvalue weighted by Gasteiger charge is 2.21. The van der Waals surface area contributed by atoms with Crippen LogP contribution in [-0.2, 0) is 6.42 Å². The fourth-order valence-corrected chi connectivity index (χ4v) is 2.81. The van der Waals surface area contributed by atoms with Crippen LogP contribution in [-0.4, -0.2) is 39.3 Å². The number of benzene rings is 1. The van der Waals surface area contributed by atoms with E-state index in [2.05, 4.69) is 38.1 Å². The van der Waals surface area contributed by atoms with Gasteiger partial charge in [-0.15, -0.1) is 0 Å². The van der Waals surface area contributed by atoms with Gasteiger partial charge in [-0.2, -0.15) is 0 Å². The van der Waals surface area contributed by atoms with Crippen molar-refractivity contribution >= 4 is 0 Å². The molecule has 0 aromatic heterocycles. The average Bonchev–Trinajstić information content (AvgIpc) is 2.54. The molecule has 1 aliphatic rings. The topological polar surface area (TPSA) is 30.9 Å². The van der Waals surface area contributed by atoms with Crippen LogP contribution < -0.4 is 14.2 Å². The molecule has 0 aliphatic carbocycles. The molecule has 1 aromatic rings. The van der Waals surface area contributed by atoms with Gasteiger partial charge >= 0.3 is 0 Å². The first-order valence-corrected chi connectivity index (χ1v) is 7.38. The summed E-state index contributed by atoms with van der Waals surface area (Å²) in [5.74, 6) is 2.03. The number of nitrogens with zero attached hydrogens (tertiary/aromatic N) is 1. The van der Waals surface area contributed by atoms with Crippen molar-refractivity contribution in [1.29, 1.82) is 0 Å². The predicted octanol–water partition coefficient (Wildman–Crippen LogP) is 3.42. The van der Waals surface area contributed by atoms with Gasteiger partial charge in [0.2, 0.25) is 5.75 Å². The Morgan fingerprint density at radius 2 is 1.59 bits per heavy atom. The van der Waals surface area contributed by atoms with Crippen LogP contribution in [0.4, 0.5) is 0 Å². The number of hydrogen-bond donors (Lipinski definition) is 0. The Hall–Kier alpha value is -2.10. The van der Waals surface area contributed by atoms with Gasteiger partial charge in [-0.25, -0.2) is 0 Å². The van der Waals surface area contributed by atoms with E-state index in [9.17, 15) is 0 Å². The lowest BCUT2D eigenvalue weighted by molar-refractivity contribution is 0.322. The van der Waals surface area contributed by atoms with Crippen LogP contribution in [0, 0.1) is 0 Å². The van der Waals surface area contributed by atoms with Crippen molar-refractivity contribution in [2.24, 2.45) is 0 Å². The molecule has 4 nitrogen and oxygen atoms in total. The molecular formula is C18H25NO3. The zero-order valence-electron chi connectivity index (χ0n) is 14.3. The molecule has 1 aromatic carbocycles. The first-order valence-electron chi connectivity index (χ1n) is 7.38. The molecule has 0 saturated carbocycles. The van der Waals surface area contributed by atoms with Gasteiger partial charge in [-0.05, 0) is 61.4 Å². The third-order valence-corrected chi connectivity index (χ3v) is 4.33. The van der Waals surface area contributed by atoms with Crippen LogP contribution in [0.3, 0.4) is 0 Å². The van der Waals surface area contributed by atoms with Crippen LogP contribution in [0.2, 0.25) is 0 Å². The van der Waals surface area contributed by atoms with E-state index < -0.39 is 0 Å². The Labute approximate surface area is 133 Å². The van der Waals surface area contributed by atoms with Gasteiger partial charge in [-0.1, -0.05) is 0 Å². The minimum Gasteiger partial charge on any atom is -0.493 e. The first kappa shape index (κ1) is 16.3. The Morgan fingerprint density at radius 1 is 1.00 bits per heavy atom. The van der Waals surface area contributed by atoms with Crippen LogP contribution >= 0.6 is 0 Å². The number of allylic oxidation sites excluding steroid dienone is 2. The zero-order chi connectivity index (χ0) is 16.3. The summed E-state index contributed by atoms with van der Waals surface area (Å²) in [5.41, 5.74) is 3.88. The highest BCUT2D eigenvalue weighted by Crippen LogP contribution is 2.39. The molecule has 2 rings (SSSR count). The summed E-state index contributed by atoms with van der Waals surface area (Å²) in [6.07, 6.45) is 5.17. The van der Waals surface area contributed by atoms with Crippen molar-refractivity contribution in [2.75, 3.05) is 28.4 Å². The highest BCUT2D eigenvalue weighted by atomic mass is 16.5. The van der Waals surface area contributed by atoms with Crippen LogP contribution in [0.15, 0.2) is 35.6 Å². The first-order chi connectivity index (χ1) is 10.5. The minimum atomic E-state index is 0.341. The van der Waals surface area contributed by atoms with Crippen molar-refractivity contribution in [3.05, 3.63) is 41.1 Å². The maximum atomic E-state index is 5.44. The van der Waals surface area contributed by atoms with Gasteiger partial charge in [0.05, 0.1) is 27.4 Å². The van der Waals surface area contributed by atoms with E-state index in [4.69, 9.17) is 14.2 Å². The Kier molecular flexibility index (Phi) is 5.01. The maximum Gasteiger partial charge on any atom is 0.203 e. The SMILES string of the molecule is COc1cc(CC2C(C)=C(C)C=CN2C)cc(OC)c1OC. The lowest BCUT2D eigenvalue weighted by Gasteiger charge is -2.32. The molecule has 0 amide bonds. The van der Waals surface area contributed by atoms with Gasteiger partial charge in [-0.3, -0.25) is 0 Å². The van der Waals surface area contributed by atoms with Gasteiger partial charge < -0.3 is 19.1 Å². The van der Waals surface area contributed by atoms with Crippen molar-refractivity contribution in [2.45, 2.75) is 26.3 Å². The van der Waals surface area contributed by atoms with Gasteiger partial charge in [0.1, 0.15) is 0 Å². The van der Waals surface area contributed by atoms with Gasteiger partial charge in [0.25, 0.3) is 0 Å². The molecule has 1 atom stereocenters. The van der Waals surface area contributed by atoms with Crippen LogP contribution in [0.1, 0.15) is 19.4 Å². The maximum absolute atomic E-state index is 5.44. The van der Waals surface area contributed by atoms with Crippen molar-refractivity contribution in [3.63, 3.8) is 0 Å². The van der Waals surface area contributed by atoms with Crippen LogP contribution in [0.25, 0.3) is 0 Å². The number of ether oxygens (including phenoxy) is 3. The van der Waals surface area contributed by atoms with Crippen molar-refractivity contribution in [3.8, 4) is 17.2 Å². The van der Waals surface area contributed by atoms with Crippen molar-refractivity contribution in [1.82, 2.24) is 4.90 Å². The molecule has 0 saturated heterocycles. The molecule has 0 N–H and O–H groups in total. The summed E-state index contributed by atoms with van der Waals surface area (Å²) >= 11 is 0. The number of rotatable bonds is 5. The molecule has 1 unspecified atom stereocenters. The van der Waals surface area contributed by atoms with E-state index in [0.717, 1.165) is 12.0 Å². The summed E-state index contributed by atoms with van der Waals surface area (Å²) in [6.45, 7) is 4.35. The van der Waals surface area contributed by atoms with Gasteiger partial charge in [0.15, 0.2) is 11.5 Å². The van der Waals surface area contributed by atoms with E-state index in [1.165, 1.54) is 11.1 Å². The second kappa shape index (κ2) is 6.77. The summed E-state index contributed by atoms with van der Waals surface area (Å²) in [4.78, 5) is 2.24. The highest BCUT2D eigenvalue weighted by molar-refractivity contribution is 5.54. The standard InChI is InChI=1S/C18H25NO3/c1-12-7-8-19(3)15(13(12)2)9-14-10-16(20-4)18(22-6)17(11-14)21-5/h7-8,10-11,15H,9H2,1-6H3. The molecule has 0 spiro atoms. The van der Waals surface area contributed by atoms with E-state index >= 15 is 0 Å².